The lowest BCUT2D eigenvalue weighted by Gasteiger charge is -2.24. The van der Waals surface area contributed by atoms with Crippen molar-refractivity contribution in [2.24, 2.45) is 11.3 Å². The Morgan fingerprint density at radius 3 is 2.84 bits per heavy atom. The van der Waals surface area contributed by atoms with E-state index < -0.39 is 17.6 Å². The fourth-order valence-corrected chi connectivity index (χ4v) is 5.54. The molecular formula is C22H21BrN6O3. The molecule has 5 unspecified atom stereocenters. The minimum atomic E-state index is -0.931. The molecule has 0 radical (unpaired) electrons. The fourth-order valence-electron chi connectivity index (χ4n) is 5.20. The van der Waals surface area contributed by atoms with Crippen molar-refractivity contribution in [3.05, 3.63) is 47.3 Å². The van der Waals surface area contributed by atoms with Gasteiger partial charge < -0.3 is 31.0 Å². The first-order chi connectivity index (χ1) is 15.4. The van der Waals surface area contributed by atoms with Crippen LogP contribution in [-0.2, 0) is 0 Å². The molecule has 3 heterocycles. The third kappa shape index (κ3) is 2.73. The minimum Gasteiger partial charge on any atom is -0.493 e. The molecule has 2 aliphatic carbocycles. The Labute approximate surface area is 191 Å². The summed E-state index contributed by atoms with van der Waals surface area (Å²) < 4.78 is 8.74. The molecule has 3 aromatic heterocycles. The van der Waals surface area contributed by atoms with Gasteiger partial charge in [-0.15, -0.1) is 0 Å². The molecule has 6 rings (SSSR count). The molecule has 0 amide bonds. The summed E-state index contributed by atoms with van der Waals surface area (Å²) in [6, 6.07) is 9.07. The number of pyridine rings is 1. The first-order valence-corrected chi connectivity index (χ1v) is 11.1. The average Bonchev–Trinajstić information content (AvgIpc) is 3.27. The quantitative estimate of drug-likeness (QED) is 0.336. The number of halogens is 1. The minimum absolute atomic E-state index is 0.0597. The predicted molar refractivity (Wildman–Crippen MR) is 123 cm³/mol. The van der Waals surface area contributed by atoms with Crippen LogP contribution in [0.4, 0.5) is 11.6 Å². The Hall–Kier alpha value is -2.95. The van der Waals surface area contributed by atoms with Crippen LogP contribution < -0.4 is 16.2 Å². The topological polar surface area (TPSA) is 145 Å². The number of aliphatic hydroxyl groups is 2. The van der Waals surface area contributed by atoms with Gasteiger partial charge in [-0.25, -0.2) is 15.0 Å². The van der Waals surface area contributed by atoms with Crippen molar-refractivity contribution >= 4 is 49.5 Å². The second kappa shape index (κ2) is 6.77. The van der Waals surface area contributed by atoms with Crippen LogP contribution >= 0.6 is 15.9 Å². The average molecular weight is 497 g/mol. The highest BCUT2D eigenvalue weighted by Crippen LogP contribution is 2.67. The Balaban J connectivity index is 1.26. The van der Waals surface area contributed by atoms with Gasteiger partial charge in [0.2, 0.25) is 0 Å². The van der Waals surface area contributed by atoms with E-state index in [0.717, 1.165) is 27.2 Å². The molecule has 5 atom stereocenters. The molecule has 10 heteroatoms. The number of ether oxygens (including phenoxy) is 1. The highest BCUT2D eigenvalue weighted by atomic mass is 79.9. The van der Waals surface area contributed by atoms with Gasteiger partial charge in [0.25, 0.3) is 0 Å². The largest absolute Gasteiger partial charge is 0.493 e. The number of hydrogen-bond donors (Lipinski definition) is 4. The molecule has 164 valence electrons. The standard InChI is InChI=1S/C22H21BrN6O3/c23-14-5-10-1-2-11(6-15(10)28-20(14)25)32-8-22-7-13(22)16(17(30)18(22)31)29-4-3-12-19(24)26-9-27-21(12)29/h1-6,9,13,16-18,30-31H,7-8H2,(H2,25,28)(H2,24,26,27). The summed E-state index contributed by atoms with van der Waals surface area (Å²) in [6.07, 6.45) is 2.18. The van der Waals surface area contributed by atoms with Crippen LogP contribution in [0.25, 0.3) is 21.9 Å². The summed E-state index contributed by atoms with van der Waals surface area (Å²) in [6.45, 7) is 0.292. The third-order valence-corrected chi connectivity index (χ3v) is 7.63. The number of nitrogen functional groups attached to an aromatic ring is 2. The lowest BCUT2D eigenvalue weighted by molar-refractivity contribution is -0.0273. The number of nitrogens with two attached hydrogens (primary N) is 2. The maximum atomic E-state index is 10.9. The summed E-state index contributed by atoms with van der Waals surface area (Å²) in [5.41, 5.74) is 12.7. The SMILES string of the molecule is Nc1nc2cc(OCC34CC3C(n3ccc5c(N)ncnc53)C(O)C4O)ccc2cc1Br. The van der Waals surface area contributed by atoms with Crippen LogP contribution in [0.2, 0.25) is 0 Å². The van der Waals surface area contributed by atoms with E-state index in [-0.39, 0.29) is 12.0 Å². The molecule has 32 heavy (non-hydrogen) atoms. The van der Waals surface area contributed by atoms with Crippen LogP contribution in [0.1, 0.15) is 12.5 Å². The van der Waals surface area contributed by atoms with Crippen molar-refractivity contribution in [2.75, 3.05) is 18.1 Å². The molecule has 0 spiro atoms. The van der Waals surface area contributed by atoms with E-state index in [9.17, 15) is 10.2 Å². The van der Waals surface area contributed by atoms with Crippen molar-refractivity contribution < 1.29 is 14.9 Å². The van der Waals surface area contributed by atoms with Crippen LogP contribution in [0.3, 0.4) is 0 Å². The van der Waals surface area contributed by atoms with Crippen molar-refractivity contribution in [1.82, 2.24) is 19.5 Å². The van der Waals surface area contributed by atoms with Crippen LogP contribution in [0, 0.1) is 11.3 Å². The number of rotatable bonds is 4. The number of aliphatic hydroxyl groups excluding tert-OH is 2. The van der Waals surface area contributed by atoms with Gasteiger partial charge in [0.05, 0.1) is 34.1 Å². The van der Waals surface area contributed by atoms with Crippen molar-refractivity contribution in [3.8, 4) is 5.75 Å². The highest BCUT2D eigenvalue weighted by molar-refractivity contribution is 9.10. The lowest BCUT2D eigenvalue weighted by atomic mass is 10.0. The van der Waals surface area contributed by atoms with E-state index in [1.54, 1.807) is 0 Å². The fraction of sp³-hybridized carbons (Fsp3) is 0.318. The van der Waals surface area contributed by atoms with Crippen LogP contribution in [0.15, 0.2) is 47.3 Å². The molecule has 9 nitrogen and oxygen atoms in total. The maximum Gasteiger partial charge on any atom is 0.145 e. The van der Waals surface area contributed by atoms with Crippen LogP contribution in [0.5, 0.6) is 5.75 Å². The van der Waals surface area contributed by atoms with E-state index in [4.69, 9.17) is 16.2 Å². The normalized spacial score (nSPS) is 28.8. The molecular weight excluding hydrogens is 476 g/mol. The van der Waals surface area contributed by atoms with E-state index in [1.165, 1.54) is 6.33 Å². The number of nitrogens with zero attached hydrogens (tertiary/aromatic N) is 4. The maximum absolute atomic E-state index is 10.9. The zero-order chi connectivity index (χ0) is 22.2. The van der Waals surface area contributed by atoms with E-state index in [1.807, 2.05) is 41.1 Å². The van der Waals surface area contributed by atoms with Gasteiger partial charge in [-0.1, -0.05) is 0 Å². The Morgan fingerprint density at radius 1 is 1.16 bits per heavy atom. The number of benzene rings is 1. The summed E-state index contributed by atoms with van der Waals surface area (Å²) in [5, 5.41) is 23.5. The van der Waals surface area contributed by atoms with Crippen molar-refractivity contribution in [1.29, 1.82) is 0 Å². The lowest BCUT2D eigenvalue weighted by Crippen LogP contribution is -2.36. The van der Waals surface area contributed by atoms with E-state index in [2.05, 4.69) is 30.9 Å². The van der Waals surface area contributed by atoms with E-state index in [0.29, 0.717) is 29.6 Å². The zero-order valence-electron chi connectivity index (χ0n) is 16.9. The Bertz CT molecular complexity index is 1380. The second-order valence-corrected chi connectivity index (χ2v) is 9.54. The van der Waals surface area contributed by atoms with Crippen molar-refractivity contribution in [3.63, 3.8) is 0 Å². The van der Waals surface area contributed by atoms with Crippen molar-refractivity contribution in [2.45, 2.75) is 24.7 Å². The monoisotopic (exact) mass is 496 g/mol. The highest BCUT2D eigenvalue weighted by Gasteiger charge is 2.72. The van der Waals surface area contributed by atoms with Gasteiger partial charge in [-0.3, -0.25) is 0 Å². The molecule has 6 N–H and O–H groups in total. The Morgan fingerprint density at radius 2 is 2.00 bits per heavy atom. The van der Waals surface area contributed by atoms with Gasteiger partial charge in [-0.05, 0) is 52.5 Å². The predicted octanol–water partition coefficient (Wildman–Crippen LogP) is 2.27. The number of anilines is 2. The van der Waals surface area contributed by atoms with Gasteiger partial charge in [0.1, 0.15) is 35.5 Å². The molecule has 2 saturated carbocycles. The Kier molecular flexibility index (Phi) is 4.17. The van der Waals surface area contributed by atoms with Crippen LogP contribution in [-0.4, -0.2) is 48.5 Å². The molecule has 2 aliphatic rings. The second-order valence-electron chi connectivity index (χ2n) is 8.69. The smallest absolute Gasteiger partial charge is 0.145 e. The zero-order valence-corrected chi connectivity index (χ0v) is 18.5. The van der Waals surface area contributed by atoms with Gasteiger partial charge in [0, 0.05) is 23.1 Å². The first-order valence-electron chi connectivity index (χ1n) is 10.3. The first kappa shape index (κ1) is 19.7. The van der Waals surface area contributed by atoms with Gasteiger partial charge >= 0.3 is 0 Å². The summed E-state index contributed by atoms with van der Waals surface area (Å²) >= 11 is 3.39. The number of aromatic nitrogens is 4. The number of fused-ring (bicyclic) bond motifs is 3. The van der Waals surface area contributed by atoms with Gasteiger partial charge in [0.15, 0.2) is 0 Å². The molecule has 0 bridgehead atoms. The molecule has 4 aromatic rings. The molecule has 2 fully saturated rings. The summed E-state index contributed by atoms with van der Waals surface area (Å²) in [5.74, 6) is 1.51. The molecule has 0 aliphatic heterocycles. The van der Waals surface area contributed by atoms with E-state index >= 15 is 0 Å². The summed E-state index contributed by atoms with van der Waals surface area (Å²) in [7, 11) is 0. The summed E-state index contributed by atoms with van der Waals surface area (Å²) in [4.78, 5) is 12.8. The van der Waals surface area contributed by atoms with Gasteiger partial charge in [-0.2, -0.15) is 0 Å². The number of hydrogen-bond acceptors (Lipinski definition) is 8. The third-order valence-electron chi connectivity index (χ3n) is 6.99. The molecule has 0 saturated heterocycles. The molecule has 1 aromatic carbocycles.